The summed E-state index contributed by atoms with van der Waals surface area (Å²) in [4.78, 5) is 4.35. The van der Waals surface area contributed by atoms with Crippen LogP contribution in [0.4, 0.5) is 0 Å². The molecule has 0 aromatic carbocycles. The molecule has 0 atom stereocenters. The Balaban J connectivity index is 2.85. The van der Waals surface area contributed by atoms with Crippen molar-refractivity contribution >= 4 is 5.52 Å². The maximum absolute atomic E-state index is 4.35. The molecule has 74 valence electrons. The Morgan fingerprint density at radius 2 is 2.00 bits per heavy atom. The van der Waals surface area contributed by atoms with Crippen LogP contribution >= 0.6 is 0 Å². The molecule has 0 aliphatic rings. The number of hydrogen-bond acceptors (Lipinski definition) is 2. The maximum Gasteiger partial charge on any atom is 0.136 e. The lowest BCUT2D eigenvalue weighted by Gasteiger charge is -2.07. The standard InChI is InChI=1S/C11H15N3/c1-7(2)10-11-8(3)5-9(4)14(11)13-6-12-10/h5-7H,1-4H3. The summed E-state index contributed by atoms with van der Waals surface area (Å²) >= 11 is 0. The number of fused-ring (bicyclic) bond motifs is 1. The predicted octanol–water partition coefficient (Wildman–Crippen LogP) is 2.47. The van der Waals surface area contributed by atoms with E-state index >= 15 is 0 Å². The van der Waals surface area contributed by atoms with E-state index in [0.717, 1.165) is 5.69 Å². The second-order valence-corrected chi connectivity index (χ2v) is 4.03. The summed E-state index contributed by atoms with van der Waals surface area (Å²) < 4.78 is 1.97. The van der Waals surface area contributed by atoms with Crippen molar-refractivity contribution in [3.63, 3.8) is 0 Å². The van der Waals surface area contributed by atoms with E-state index in [4.69, 9.17) is 0 Å². The number of rotatable bonds is 1. The molecule has 2 rings (SSSR count). The second kappa shape index (κ2) is 3.08. The van der Waals surface area contributed by atoms with E-state index in [2.05, 4.69) is 43.8 Å². The van der Waals surface area contributed by atoms with Gasteiger partial charge in [-0.1, -0.05) is 13.8 Å². The van der Waals surface area contributed by atoms with Crippen LogP contribution in [0.15, 0.2) is 12.4 Å². The molecule has 0 radical (unpaired) electrons. The van der Waals surface area contributed by atoms with Gasteiger partial charge in [0.05, 0.1) is 11.2 Å². The van der Waals surface area contributed by atoms with E-state index in [1.54, 1.807) is 6.33 Å². The molecule has 14 heavy (non-hydrogen) atoms. The molecule has 2 heterocycles. The van der Waals surface area contributed by atoms with Crippen molar-refractivity contribution < 1.29 is 0 Å². The zero-order valence-electron chi connectivity index (χ0n) is 9.07. The van der Waals surface area contributed by atoms with Crippen molar-refractivity contribution in [1.29, 1.82) is 0 Å². The highest BCUT2D eigenvalue weighted by molar-refractivity contribution is 5.60. The first-order valence-electron chi connectivity index (χ1n) is 4.91. The summed E-state index contributed by atoms with van der Waals surface area (Å²) in [6.45, 7) is 8.49. The number of nitrogens with zero attached hydrogens (tertiary/aromatic N) is 3. The fourth-order valence-electron chi connectivity index (χ4n) is 1.87. The molecule has 3 nitrogen and oxygen atoms in total. The Kier molecular flexibility index (Phi) is 2.02. The number of aromatic nitrogens is 3. The lowest BCUT2D eigenvalue weighted by Crippen LogP contribution is -2.02. The molecule has 0 saturated heterocycles. The van der Waals surface area contributed by atoms with Crippen LogP contribution in [-0.2, 0) is 0 Å². The van der Waals surface area contributed by atoms with E-state index in [0.29, 0.717) is 5.92 Å². The van der Waals surface area contributed by atoms with E-state index in [9.17, 15) is 0 Å². The van der Waals surface area contributed by atoms with Gasteiger partial charge in [-0.05, 0) is 31.4 Å². The fraction of sp³-hybridized carbons (Fsp3) is 0.455. The normalized spacial score (nSPS) is 11.5. The monoisotopic (exact) mass is 189 g/mol. The lowest BCUT2D eigenvalue weighted by atomic mass is 10.1. The minimum atomic E-state index is 0.438. The van der Waals surface area contributed by atoms with E-state index < -0.39 is 0 Å². The second-order valence-electron chi connectivity index (χ2n) is 4.03. The Morgan fingerprint density at radius 3 is 2.64 bits per heavy atom. The third kappa shape index (κ3) is 1.20. The van der Waals surface area contributed by atoms with E-state index in [1.165, 1.54) is 16.8 Å². The molecule has 0 amide bonds. The quantitative estimate of drug-likeness (QED) is 0.689. The first-order valence-corrected chi connectivity index (χ1v) is 4.91. The van der Waals surface area contributed by atoms with Gasteiger partial charge in [0.2, 0.25) is 0 Å². The highest BCUT2D eigenvalue weighted by Gasteiger charge is 2.11. The Bertz CT molecular complexity index is 469. The van der Waals surface area contributed by atoms with Crippen molar-refractivity contribution in [3.05, 3.63) is 29.3 Å². The Labute approximate surface area is 83.8 Å². The minimum absolute atomic E-state index is 0.438. The van der Waals surface area contributed by atoms with Crippen molar-refractivity contribution in [2.45, 2.75) is 33.6 Å². The zero-order chi connectivity index (χ0) is 10.3. The maximum atomic E-state index is 4.35. The number of hydrogen-bond donors (Lipinski definition) is 0. The van der Waals surface area contributed by atoms with E-state index in [-0.39, 0.29) is 0 Å². The molecule has 2 aromatic heterocycles. The molecular weight excluding hydrogens is 174 g/mol. The van der Waals surface area contributed by atoms with Gasteiger partial charge in [0, 0.05) is 5.69 Å². The van der Waals surface area contributed by atoms with Gasteiger partial charge in [-0.25, -0.2) is 9.50 Å². The molecule has 0 unspecified atom stereocenters. The average molecular weight is 189 g/mol. The molecule has 0 aliphatic carbocycles. The highest BCUT2D eigenvalue weighted by Crippen LogP contribution is 2.22. The van der Waals surface area contributed by atoms with Gasteiger partial charge >= 0.3 is 0 Å². The van der Waals surface area contributed by atoms with Gasteiger partial charge in [0.15, 0.2) is 0 Å². The fourth-order valence-corrected chi connectivity index (χ4v) is 1.87. The minimum Gasteiger partial charge on any atom is -0.237 e. The summed E-state index contributed by atoms with van der Waals surface area (Å²) in [7, 11) is 0. The van der Waals surface area contributed by atoms with Crippen molar-refractivity contribution in [2.75, 3.05) is 0 Å². The van der Waals surface area contributed by atoms with Crippen LogP contribution in [0.1, 0.15) is 36.7 Å². The van der Waals surface area contributed by atoms with Crippen LogP contribution in [-0.4, -0.2) is 14.6 Å². The summed E-state index contributed by atoms with van der Waals surface area (Å²) in [5.74, 6) is 0.438. The molecular formula is C11H15N3. The molecule has 0 aliphatic heterocycles. The average Bonchev–Trinajstić information content (AvgIpc) is 2.43. The van der Waals surface area contributed by atoms with Crippen LogP contribution < -0.4 is 0 Å². The summed E-state index contributed by atoms with van der Waals surface area (Å²) in [5, 5.41) is 4.25. The summed E-state index contributed by atoms with van der Waals surface area (Å²) in [5.41, 5.74) is 4.72. The largest absolute Gasteiger partial charge is 0.237 e. The van der Waals surface area contributed by atoms with Gasteiger partial charge in [-0.2, -0.15) is 5.10 Å². The SMILES string of the molecule is Cc1cc(C)n2ncnc(C(C)C)c12. The van der Waals surface area contributed by atoms with E-state index in [1.807, 2.05) is 4.52 Å². The molecule has 0 N–H and O–H groups in total. The first-order chi connectivity index (χ1) is 6.61. The van der Waals surface area contributed by atoms with Gasteiger partial charge in [0.1, 0.15) is 6.33 Å². The first kappa shape index (κ1) is 9.19. The van der Waals surface area contributed by atoms with Crippen LogP contribution in [0.3, 0.4) is 0 Å². The van der Waals surface area contributed by atoms with Gasteiger partial charge in [-0.15, -0.1) is 0 Å². The van der Waals surface area contributed by atoms with Crippen molar-refractivity contribution in [2.24, 2.45) is 0 Å². The Hall–Kier alpha value is -1.38. The molecule has 0 fully saturated rings. The van der Waals surface area contributed by atoms with Crippen LogP contribution in [0, 0.1) is 13.8 Å². The smallest absolute Gasteiger partial charge is 0.136 e. The molecule has 3 heteroatoms. The third-order valence-electron chi connectivity index (χ3n) is 2.50. The van der Waals surface area contributed by atoms with Crippen molar-refractivity contribution in [1.82, 2.24) is 14.6 Å². The Morgan fingerprint density at radius 1 is 1.29 bits per heavy atom. The van der Waals surface area contributed by atoms with Crippen LogP contribution in [0.5, 0.6) is 0 Å². The highest BCUT2D eigenvalue weighted by atomic mass is 15.2. The van der Waals surface area contributed by atoms with Crippen LogP contribution in [0.2, 0.25) is 0 Å². The molecule has 0 saturated carbocycles. The molecule has 0 bridgehead atoms. The van der Waals surface area contributed by atoms with Gasteiger partial charge in [0.25, 0.3) is 0 Å². The lowest BCUT2D eigenvalue weighted by molar-refractivity contribution is 0.777. The van der Waals surface area contributed by atoms with Crippen molar-refractivity contribution in [3.8, 4) is 0 Å². The predicted molar refractivity (Wildman–Crippen MR) is 56.6 cm³/mol. The zero-order valence-corrected chi connectivity index (χ0v) is 9.07. The molecule has 0 spiro atoms. The third-order valence-corrected chi connectivity index (χ3v) is 2.50. The number of aryl methyl sites for hydroxylation is 2. The summed E-state index contributed by atoms with van der Waals surface area (Å²) in [6.07, 6.45) is 1.63. The van der Waals surface area contributed by atoms with Gasteiger partial charge < -0.3 is 0 Å². The van der Waals surface area contributed by atoms with Gasteiger partial charge in [-0.3, -0.25) is 0 Å². The van der Waals surface area contributed by atoms with Crippen LogP contribution in [0.25, 0.3) is 5.52 Å². The molecule has 2 aromatic rings. The summed E-state index contributed by atoms with van der Waals surface area (Å²) in [6, 6.07) is 2.15. The topological polar surface area (TPSA) is 30.2 Å².